The second-order valence-corrected chi connectivity index (χ2v) is 4.39. The summed E-state index contributed by atoms with van der Waals surface area (Å²) >= 11 is 1.75. The minimum Gasteiger partial charge on any atom is -0.462 e. The number of nitrogens with one attached hydrogen (secondary N) is 1. The first-order valence-electron chi connectivity index (χ1n) is 5.49. The molecule has 0 aliphatic heterocycles. The Balaban J connectivity index is 2.79. The summed E-state index contributed by atoms with van der Waals surface area (Å²) in [6, 6.07) is 5.33. The molecule has 17 heavy (non-hydrogen) atoms. The lowest BCUT2D eigenvalue weighted by Crippen LogP contribution is -2.11. The SMILES string of the molecule is CCOC(=O)c1cccc(NCCSC)c1N. The molecule has 0 radical (unpaired) electrons. The van der Waals surface area contributed by atoms with Gasteiger partial charge in [-0.05, 0) is 25.3 Å². The van der Waals surface area contributed by atoms with Gasteiger partial charge >= 0.3 is 5.97 Å². The van der Waals surface area contributed by atoms with Crippen molar-refractivity contribution in [3.05, 3.63) is 23.8 Å². The van der Waals surface area contributed by atoms with Crippen LogP contribution in [0.4, 0.5) is 11.4 Å². The van der Waals surface area contributed by atoms with Crippen LogP contribution in [0.15, 0.2) is 18.2 Å². The molecule has 1 aromatic carbocycles. The van der Waals surface area contributed by atoms with Crippen molar-refractivity contribution in [3.8, 4) is 0 Å². The molecule has 5 heteroatoms. The molecule has 0 aliphatic rings. The molecule has 0 unspecified atom stereocenters. The van der Waals surface area contributed by atoms with Crippen LogP contribution in [-0.4, -0.2) is 31.1 Å². The zero-order valence-electron chi connectivity index (χ0n) is 10.2. The van der Waals surface area contributed by atoms with Crippen LogP contribution in [0.2, 0.25) is 0 Å². The van der Waals surface area contributed by atoms with Crippen molar-refractivity contribution in [2.24, 2.45) is 0 Å². The summed E-state index contributed by atoms with van der Waals surface area (Å²) in [5.74, 6) is 0.613. The van der Waals surface area contributed by atoms with Gasteiger partial charge in [0.05, 0.1) is 23.5 Å². The van der Waals surface area contributed by atoms with E-state index in [9.17, 15) is 4.79 Å². The summed E-state index contributed by atoms with van der Waals surface area (Å²) in [4.78, 5) is 11.6. The van der Waals surface area contributed by atoms with Gasteiger partial charge < -0.3 is 15.8 Å². The highest BCUT2D eigenvalue weighted by Gasteiger charge is 2.12. The molecular formula is C12H18N2O2S. The number of hydrogen-bond acceptors (Lipinski definition) is 5. The number of anilines is 2. The summed E-state index contributed by atoms with van der Waals surface area (Å²) in [5, 5.41) is 3.20. The van der Waals surface area contributed by atoms with Gasteiger partial charge in [-0.1, -0.05) is 6.07 Å². The fraction of sp³-hybridized carbons (Fsp3) is 0.417. The molecule has 0 fully saturated rings. The van der Waals surface area contributed by atoms with E-state index >= 15 is 0 Å². The molecule has 0 aromatic heterocycles. The monoisotopic (exact) mass is 254 g/mol. The fourth-order valence-corrected chi connectivity index (χ4v) is 1.70. The van der Waals surface area contributed by atoms with Crippen molar-refractivity contribution in [2.45, 2.75) is 6.92 Å². The van der Waals surface area contributed by atoms with Crippen LogP contribution in [-0.2, 0) is 4.74 Å². The number of ether oxygens (including phenoxy) is 1. The van der Waals surface area contributed by atoms with Crippen LogP contribution in [0.25, 0.3) is 0 Å². The quantitative estimate of drug-likeness (QED) is 0.463. The Morgan fingerprint density at radius 1 is 1.53 bits per heavy atom. The summed E-state index contributed by atoms with van der Waals surface area (Å²) < 4.78 is 4.94. The van der Waals surface area contributed by atoms with Crippen molar-refractivity contribution >= 4 is 29.1 Å². The van der Waals surface area contributed by atoms with Crippen LogP contribution < -0.4 is 11.1 Å². The zero-order chi connectivity index (χ0) is 12.7. The molecule has 0 saturated carbocycles. The van der Waals surface area contributed by atoms with Crippen molar-refractivity contribution in [3.63, 3.8) is 0 Å². The van der Waals surface area contributed by atoms with E-state index in [4.69, 9.17) is 10.5 Å². The number of nitrogens with two attached hydrogens (primary N) is 1. The van der Waals surface area contributed by atoms with Gasteiger partial charge in [0.1, 0.15) is 0 Å². The lowest BCUT2D eigenvalue weighted by atomic mass is 10.1. The second-order valence-electron chi connectivity index (χ2n) is 3.41. The highest BCUT2D eigenvalue weighted by Crippen LogP contribution is 2.23. The molecule has 0 heterocycles. The average Bonchev–Trinajstić information content (AvgIpc) is 2.32. The highest BCUT2D eigenvalue weighted by atomic mass is 32.2. The number of thioether (sulfide) groups is 1. The number of benzene rings is 1. The summed E-state index contributed by atoms with van der Waals surface area (Å²) in [6.45, 7) is 2.94. The van der Waals surface area contributed by atoms with Gasteiger partial charge in [0.15, 0.2) is 0 Å². The van der Waals surface area contributed by atoms with E-state index in [1.807, 2.05) is 12.3 Å². The van der Waals surface area contributed by atoms with E-state index < -0.39 is 0 Å². The summed E-state index contributed by atoms with van der Waals surface area (Å²) in [7, 11) is 0. The number of carbonyl (C=O) groups excluding carboxylic acids is 1. The highest BCUT2D eigenvalue weighted by molar-refractivity contribution is 7.98. The van der Waals surface area contributed by atoms with Crippen molar-refractivity contribution < 1.29 is 9.53 Å². The molecule has 4 nitrogen and oxygen atoms in total. The van der Waals surface area contributed by atoms with E-state index in [1.165, 1.54) is 0 Å². The first kappa shape index (κ1) is 13.7. The van der Waals surface area contributed by atoms with Gasteiger partial charge in [-0.3, -0.25) is 0 Å². The molecule has 0 amide bonds. The molecular weight excluding hydrogens is 236 g/mol. The van der Waals surface area contributed by atoms with Gasteiger partial charge in [-0.25, -0.2) is 4.79 Å². The van der Waals surface area contributed by atoms with Crippen molar-refractivity contribution in [1.82, 2.24) is 0 Å². The largest absolute Gasteiger partial charge is 0.462 e. The number of nitrogen functional groups attached to an aromatic ring is 1. The molecule has 0 spiro atoms. The zero-order valence-corrected chi connectivity index (χ0v) is 11.0. The molecule has 0 atom stereocenters. The van der Waals surface area contributed by atoms with E-state index in [-0.39, 0.29) is 5.97 Å². The summed E-state index contributed by atoms with van der Waals surface area (Å²) in [6.07, 6.45) is 2.04. The van der Waals surface area contributed by atoms with E-state index in [0.29, 0.717) is 17.9 Å². The maximum Gasteiger partial charge on any atom is 0.340 e. The molecule has 3 N–H and O–H groups in total. The van der Waals surface area contributed by atoms with E-state index in [0.717, 1.165) is 18.0 Å². The minimum absolute atomic E-state index is 0.350. The Morgan fingerprint density at radius 3 is 2.94 bits per heavy atom. The van der Waals surface area contributed by atoms with E-state index in [2.05, 4.69) is 5.32 Å². The number of esters is 1. The maximum atomic E-state index is 11.6. The Labute approximate surface area is 106 Å². The molecule has 1 aromatic rings. The Bertz CT molecular complexity index is 383. The lowest BCUT2D eigenvalue weighted by Gasteiger charge is -2.11. The topological polar surface area (TPSA) is 64.3 Å². The first-order valence-corrected chi connectivity index (χ1v) is 6.88. The standard InChI is InChI=1S/C12H18N2O2S/c1-3-16-12(15)9-5-4-6-10(11(9)13)14-7-8-17-2/h4-6,14H,3,7-8,13H2,1-2H3. The van der Waals surface area contributed by atoms with Gasteiger partial charge in [0.2, 0.25) is 0 Å². The number of carbonyl (C=O) groups is 1. The lowest BCUT2D eigenvalue weighted by molar-refractivity contribution is 0.0527. The maximum absolute atomic E-state index is 11.6. The number of hydrogen-bond donors (Lipinski definition) is 2. The predicted molar refractivity (Wildman–Crippen MR) is 73.7 cm³/mol. The molecule has 0 bridgehead atoms. The normalized spacial score (nSPS) is 10.0. The number of para-hydroxylation sites is 1. The Hall–Kier alpha value is -1.36. The van der Waals surface area contributed by atoms with E-state index in [1.54, 1.807) is 30.8 Å². The predicted octanol–water partition coefficient (Wildman–Crippen LogP) is 2.22. The second kappa shape index (κ2) is 7.06. The van der Waals surface area contributed by atoms with Crippen LogP contribution in [0.1, 0.15) is 17.3 Å². The molecule has 1 rings (SSSR count). The third kappa shape index (κ3) is 3.85. The van der Waals surface area contributed by atoms with Gasteiger partial charge in [0.25, 0.3) is 0 Å². The molecule has 0 aliphatic carbocycles. The Kier molecular flexibility index (Phi) is 5.69. The van der Waals surface area contributed by atoms with Gasteiger partial charge in [-0.15, -0.1) is 0 Å². The first-order chi connectivity index (χ1) is 8.20. The van der Waals surface area contributed by atoms with Gasteiger partial charge in [0, 0.05) is 12.3 Å². The third-order valence-corrected chi connectivity index (χ3v) is 2.84. The summed E-state index contributed by atoms with van der Waals surface area (Å²) in [5.41, 5.74) is 7.58. The van der Waals surface area contributed by atoms with Crippen molar-refractivity contribution in [1.29, 1.82) is 0 Å². The van der Waals surface area contributed by atoms with Gasteiger partial charge in [-0.2, -0.15) is 11.8 Å². The molecule has 0 saturated heterocycles. The smallest absolute Gasteiger partial charge is 0.340 e. The fourth-order valence-electron chi connectivity index (χ4n) is 1.39. The number of rotatable bonds is 6. The molecule has 94 valence electrons. The van der Waals surface area contributed by atoms with Crippen LogP contribution >= 0.6 is 11.8 Å². The third-order valence-electron chi connectivity index (χ3n) is 2.22. The average molecular weight is 254 g/mol. The van der Waals surface area contributed by atoms with Crippen LogP contribution in [0, 0.1) is 0 Å². The minimum atomic E-state index is -0.376. The van der Waals surface area contributed by atoms with Crippen LogP contribution in [0.5, 0.6) is 0 Å². The Morgan fingerprint density at radius 2 is 2.29 bits per heavy atom. The van der Waals surface area contributed by atoms with Crippen molar-refractivity contribution in [2.75, 3.05) is 36.2 Å². The van der Waals surface area contributed by atoms with Crippen LogP contribution in [0.3, 0.4) is 0 Å².